The molecule has 0 bridgehead atoms. The summed E-state index contributed by atoms with van der Waals surface area (Å²) < 4.78 is 0. The number of hydrogen-bond donors (Lipinski definition) is 1. The number of rotatable bonds is 2. The lowest BCUT2D eigenvalue weighted by Crippen LogP contribution is -2.38. The van der Waals surface area contributed by atoms with Crippen molar-refractivity contribution in [1.29, 1.82) is 0 Å². The van der Waals surface area contributed by atoms with Crippen molar-refractivity contribution in [1.82, 2.24) is 4.90 Å². The summed E-state index contributed by atoms with van der Waals surface area (Å²) in [6, 6.07) is 0. The number of nitrogens with zero attached hydrogens (tertiary/aromatic N) is 1. The van der Waals surface area contributed by atoms with Crippen molar-refractivity contribution in [3.05, 3.63) is 11.6 Å². The van der Waals surface area contributed by atoms with Gasteiger partial charge in [0.25, 0.3) is 0 Å². The van der Waals surface area contributed by atoms with Gasteiger partial charge in [-0.2, -0.15) is 0 Å². The fraction of sp³-hybridized carbons (Fsp3) is 0.900. The summed E-state index contributed by atoms with van der Waals surface area (Å²) in [4.78, 5) is 2.60. The molecule has 1 saturated heterocycles. The van der Waals surface area contributed by atoms with Crippen LogP contribution in [0, 0.1) is 29.1 Å². The second-order valence-electron chi connectivity index (χ2n) is 8.99. The highest BCUT2D eigenvalue weighted by Gasteiger charge is 2.50. The van der Waals surface area contributed by atoms with E-state index in [0.29, 0.717) is 17.3 Å². The molecule has 22 heavy (non-hydrogen) atoms. The van der Waals surface area contributed by atoms with Crippen LogP contribution >= 0.6 is 0 Å². The Kier molecular flexibility index (Phi) is 3.89. The van der Waals surface area contributed by atoms with Crippen LogP contribution in [-0.4, -0.2) is 35.7 Å². The van der Waals surface area contributed by atoms with Gasteiger partial charge >= 0.3 is 0 Å². The van der Waals surface area contributed by atoms with Crippen LogP contribution in [0.4, 0.5) is 0 Å². The minimum absolute atomic E-state index is 0.0634. The van der Waals surface area contributed by atoms with E-state index in [-0.39, 0.29) is 6.10 Å². The molecule has 2 heteroatoms. The maximum absolute atomic E-state index is 10.7. The van der Waals surface area contributed by atoms with Crippen molar-refractivity contribution in [2.24, 2.45) is 29.1 Å². The van der Waals surface area contributed by atoms with E-state index < -0.39 is 0 Å². The highest BCUT2D eigenvalue weighted by Crippen LogP contribution is 2.57. The Morgan fingerprint density at radius 1 is 1.27 bits per heavy atom. The molecule has 0 spiro atoms. The molecule has 4 aliphatic rings. The molecular weight excluding hydrogens is 270 g/mol. The molecule has 0 radical (unpaired) electrons. The van der Waals surface area contributed by atoms with Gasteiger partial charge in [-0.15, -0.1) is 0 Å². The summed E-state index contributed by atoms with van der Waals surface area (Å²) in [6.07, 6.45) is 11.8. The maximum atomic E-state index is 10.7. The minimum Gasteiger partial charge on any atom is -0.393 e. The van der Waals surface area contributed by atoms with E-state index in [1.165, 1.54) is 51.6 Å². The van der Waals surface area contributed by atoms with Crippen LogP contribution in [0.5, 0.6) is 0 Å². The third-order valence-electron chi connectivity index (χ3n) is 7.42. The first-order valence-corrected chi connectivity index (χ1v) is 9.69. The molecule has 0 aromatic carbocycles. The lowest BCUT2D eigenvalue weighted by Gasteiger charge is -2.47. The lowest BCUT2D eigenvalue weighted by atomic mass is 9.58. The molecule has 4 rings (SSSR count). The minimum atomic E-state index is -0.0634. The normalized spacial score (nSPS) is 48.9. The number of aliphatic hydroxyl groups excluding tert-OH is 1. The summed E-state index contributed by atoms with van der Waals surface area (Å²) in [5.41, 5.74) is 2.20. The fourth-order valence-corrected chi connectivity index (χ4v) is 6.30. The average molecular weight is 303 g/mol. The molecule has 2 nitrogen and oxygen atoms in total. The molecule has 1 N–H and O–H groups in total. The van der Waals surface area contributed by atoms with E-state index in [2.05, 4.69) is 24.8 Å². The van der Waals surface area contributed by atoms with E-state index in [0.717, 1.165) is 24.8 Å². The van der Waals surface area contributed by atoms with Gasteiger partial charge < -0.3 is 10.0 Å². The van der Waals surface area contributed by atoms with Gasteiger partial charge in [-0.05, 0) is 74.8 Å². The highest BCUT2D eigenvalue weighted by atomic mass is 16.3. The third-order valence-corrected chi connectivity index (χ3v) is 7.42. The van der Waals surface area contributed by atoms with Crippen molar-refractivity contribution >= 4 is 0 Å². The predicted molar refractivity (Wildman–Crippen MR) is 90.6 cm³/mol. The summed E-state index contributed by atoms with van der Waals surface area (Å²) in [6.45, 7) is 8.59. The first-order valence-electron chi connectivity index (χ1n) is 9.69. The van der Waals surface area contributed by atoms with Gasteiger partial charge in [-0.1, -0.05) is 31.9 Å². The Morgan fingerprint density at radius 2 is 2.05 bits per heavy atom. The zero-order valence-corrected chi connectivity index (χ0v) is 14.4. The Balaban J connectivity index is 1.58. The number of aliphatic hydroxyl groups is 1. The third kappa shape index (κ3) is 2.47. The van der Waals surface area contributed by atoms with Crippen molar-refractivity contribution in [3.8, 4) is 0 Å². The monoisotopic (exact) mass is 303 g/mol. The van der Waals surface area contributed by atoms with E-state index in [4.69, 9.17) is 0 Å². The van der Waals surface area contributed by atoms with Crippen LogP contribution in [0.15, 0.2) is 11.6 Å². The smallest absolute Gasteiger partial charge is 0.0589 e. The molecule has 1 aliphatic heterocycles. The molecular formula is C20H33NO. The molecule has 1 heterocycles. The summed E-state index contributed by atoms with van der Waals surface area (Å²) in [5.74, 6) is 2.65. The number of hydrogen-bond acceptors (Lipinski definition) is 2. The van der Waals surface area contributed by atoms with Crippen molar-refractivity contribution in [2.45, 2.75) is 64.9 Å². The predicted octanol–water partition coefficient (Wildman–Crippen LogP) is 3.85. The summed E-state index contributed by atoms with van der Waals surface area (Å²) in [7, 11) is 0. The molecule has 0 amide bonds. The van der Waals surface area contributed by atoms with Gasteiger partial charge in [-0.3, -0.25) is 0 Å². The standard InChI is InChI=1S/C20H33NO/c1-14-6-5-7-20(2)12-15-10-19(22)17(16(15)11-18(14)20)13-21-8-3-4-9-21/h11,14-17,19,22H,3-10,12-13H2,1-2H3/t14-,15+,16-,17+,19?,20+/m0/s1. The van der Waals surface area contributed by atoms with Crippen molar-refractivity contribution in [3.63, 3.8) is 0 Å². The van der Waals surface area contributed by atoms with Crippen LogP contribution in [0.2, 0.25) is 0 Å². The van der Waals surface area contributed by atoms with E-state index in [1.54, 1.807) is 5.57 Å². The largest absolute Gasteiger partial charge is 0.393 e. The second-order valence-corrected chi connectivity index (χ2v) is 8.99. The van der Waals surface area contributed by atoms with Crippen LogP contribution in [0.1, 0.15) is 58.8 Å². The van der Waals surface area contributed by atoms with Crippen molar-refractivity contribution in [2.75, 3.05) is 19.6 Å². The summed E-state index contributed by atoms with van der Waals surface area (Å²) in [5, 5.41) is 10.7. The summed E-state index contributed by atoms with van der Waals surface area (Å²) >= 11 is 0. The Labute approximate surface area is 136 Å². The van der Waals surface area contributed by atoms with Gasteiger partial charge in [0, 0.05) is 12.5 Å². The first-order chi connectivity index (χ1) is 10.6. The van der Waals surface area contributed by atoms with Gasteiger partial charge in [-0.25, -0.2) is 0 Å². The Morgan fingerprint density at radius 3 is 2.82 bits per heavy atom. The van der Waals surface area contributed by atoms with Gasteiger partial charge in [0.1, 0.15) is 0 Å². The molecule has 2 saturated carbocycles. The molecule has 3 aliphatic carbocycles. The topological polar surface area (TPSA) is 23.5 Å². The second kappa shape index (κ2) is 5.63. The Hall–Kier alpha value is -0.340. The number of allylic oxidation sites excluding steroid dienone is 2. The highest BCUT2D eigenvalue weighted by molar-refractivity contribution is 5.26. The molecule has 0 aromatic rings. The van der Waals surface area contributed by atoms with Crippen LogP contribution in [0.3, 0.4) is 0 Å². The Bertz CT molecular complexity index is 453. The quantitative estimate of drug-likeness (QED) is 0.783. The van der Waals surface area contributed by atoms with Gasteiger partial charge in [0.05, 0.1) is 6.10 Å². The lowest BCUT2D eigenvalue weighted by molar-refractivity contribution is 0.0977. The zero-order valence-electron chi connectivity index (χ0n) is 14.4. The first kappa shape index (κ1) is 15.2. The van der Waals surface area contributed by atoms with E-state index in [1.807, 2.05) is 0 Å². The van der Waals surface area contributed by atoms with E-state index in [9.17, 15) is 5.11 Å². The maximum Gasteiger partial charge on any atom is 0.0589 e. The number of likely N-dealkylation sites (tertiary alicyclic amines) is 1. The molecule has 3 fully saturated rings. The number of fused-ring (bicyclic) bond motifs is 2. The zero-order chi connectivity index (χ0) is 15.3. The van der Waals surface area contributed by atoms with E-state index >= 15 is 0 Å². The fourth-order valence-electron chi connectivity index (χ4n) is 6.30. The molecule has 0 aromatic heterocycles. The van der Waals surface area contributed by atoms with Crippen LogP contribution in [-0.2, 0) is 0 Å². The SMILES string of the molecule is C[C@H]1CCC[C@]2(C)C[C@H]3CC(O)[C@H](CN4CCCC4)[C@H]3C=C12. The molecule has 6 atom stereocenters. The average Bonchev–Trinajstić information content (AvgIpc) is 3.06. The van der Waals surface area contributed by atoms with Crippen LogP contribution in [0.25, 0.3) is 0 Å². The molecule has 124 valence electrons. The van der Waals surface area contributed by atoms with Crippen molar-refractivity contribution < 1.29 is 5.11 Å². The molecule has 1 unspecified atom stereocenters. The van der Waals surface area contributed by atoms with Gasteiger partial charge in [0.2, 0.25) is 0 Å². The van der Waals surface area contributed by atoms with Gasteiger partial charge in [0.15, 0.2) is 0 Å². The van der Waals surface area contributed by atoms with Crippen LogP contribution < -0.4 is 0 Å².